The summed E-state index contributed by atoms with van der Waals surface area (Å²) in [5, 5.41) is 14.0. The van der Waals surface area contributed by atoms with Crippen LogP contribution in [0.15, 0.2) is 43.0 Å². The van der Waals surface area contributed by atoms with Gasteiger partial charge in [-0.15, -0.1) is 0 Å². The summed E-state index contributed by atoms with van der Waals surface area (Å²) in [5.74, 6) is 0. The Balaban J connectivity index is 2.00. The zero-order valence-corrected chi connectivity index (χ0v) is 11.8. The summed E-state index contributed by atoms with van der Waals surface area (Å²) >= 11 is 0. The lowest BCUT2D eigenvalue weighted by atomic mass is 10.0. The number of nitrogens with one attached hydrogen (secondary N) is 2. The van der Waals surface area contributed by atoms with Gasteiger partial charge in [-0.05, 0) is 18.1 Å². The van der Waals surface area contributed by atoms with Crippen LogP contribution in [-0.2, 0) is 0 Å². The van der Waals surface area contributed by atoms with Crippen LogP contribution in [0.5, 0.6) is 0 Å². The molecule has 3 N–H and O–H groups in total. The summed E-state index contributed by atoms with van der Waals surface area (Å²) in [6.45, 7) is 2.07. The van der Waals surface area contributed by atoms with Gasteiger partial charge >= 0.3 is 6.03 Å². The van der Waals surface area contributed by atoms with Crippen LogP contribution in [0.3, 0.4) is 0 Å². The van der Waals surface area contributed by atoms with Crippen LogP contribution in [0.2, 0.25) is 0 Å². The molecule has 0 fully saturated rings. The molecular weight excluding hydrogens is 268 g/mol. The van der Waals surface area contributed by atoms with E-state index in [-0.39, 0.29) is 25.2 Å². The first-order valence-electron chi connectivity index (χ1n) is 6.71. The van der Waals surface area contributed by atoms with E-state index in [2.05, 4.69) is 20.6 Å². The Morgan fingerprint density at radius 2 is 1.86 bits per heavy atom. The fourth-order valence-electron chi connectivity index (χ4n) is 1.91. The lowest BCUT2D eigenvalue weighted by molar-refractivity contribution is 0.231. The normalized spacial score (nSPS) is 11.7. The molecule has 2 amide bonds. The highest BCUT2D eigenvalue weighted by Crippen LogP contribution is 2.20. The van der Waals surface area contributed by atoms with Crippen molar-refractivity contribution in [2.24, 2.45) is 0 Å². The Hall–Kier alpha value is -2.47. The predicted molar refractivity (Wildman–Crippen MR) is 79.5 cm³/mol. The Morgan fingerprint density at radius 1 is 1.19 bits per heavy atom. The average Bonchev–Trinajstić information content (AvgIpc) is 2.54. The van der Waals surface area contributed by atoms with Crippen molar-refractivity contribution in [3.63, 3.8) is 0 Å². The molecule has 6 nitrogen and oxygen atoms in total. The van der Waals surface area contributed by atoms with Crippen LogP contribution < -0.4 is 10.6 Å². The maximum Gasteiger partial charge on any atom is 0.315 e. The van der Waals surface area contributed by atoms with E-state index < -0.39 is 0 Å². The van der Waals surface area contributed by atoms with Crippen molar-refractivity contribution in [2.45, 2.75) is 13.0 Å². The van der Waals surface area contributed by atoms with Gasteiger partial charge in [0.15, 0.2) is 0 Å². The van der Waals surface area contributed by atoms with Crippen LogP contribution in [-0.4, -0.2) is 34.3 Å². The first-order chi connectivity index (χ1) is 10.2. The van der Waals surface area contributed by atoms with Crippen molar-refractivity contribution in [1.29, 1.82) is 0 Å². The van der Waals surface area contributed by atoms with Gasteiger partial charge in [0.1, 0.15) is 6.33 Å². The van der Waals surface area contributed by atoms with Gasteiger partial charge < -0.3 is 15.7 Å². The number of aromatic nitrogens is 2. The number of carbonyl (C=O) groups excluding carboxylic acids is 1. The second kappa shape index (κ2) is 7.35. The molecule has 1 atom stereocenters. The molecule has 1 heterocycles. The highest BCUT2D eigenvalue weighted by atomic mass is 16.3. The summed E-state index contributed by atoms with van der Waals surface area (Å²) in [4.78, 5) is 19.5. The van der Waals surface area contributed by atoms with Crippen molar-refractivity contribution in [2.75, 3.05) is 13.2 Å². The minimum absolute atomic E-state index is 0.0738. The third-order valence-electron chi connectivity index (χ3n) is 3.05. The third-order valence-corrected chi connectivity index (χ3v) is 3.05. The Labute approximate surface area is 123 Å². The number of amides is 2. The Bertz CT molecular complexity index is 572. The van der Waals surface area contributed by atoms with Crippen molar-refractivity contribution in [3.05, 3.63) is 48.5 Å². The molecule has 0 aliphatic heterocycles. The maximum atomic E-state index is 11.5. The molecule has 1 aromatic carbocycles. The summed E-state index contributed by atoms with van der Waals surface area (Å²) in [6, 6.07) is 7.44. The zero-order chi connectivity index (χ0) is 15.1. The summed E-state index contributed by atoms with van der Waals surface area (Å²) < 4.78 is 0. The van der Waals surface area contributed by atoms with E-state index in [1.165, 1.54) is 6.33 Å². The molecule has 2 rings (SSSR count). The first-order valence-corrected chi connectivity index (χ1v) is 6.71. The highest BCUT2D eigenvalue weighted by Gasteiger charge is 2.09. The number of hydrogen-bond donors (Lipinski definition) is 3. The minimum Gasteiger partial charge on any atom is -0.395 e. The molecule has 0 radical (unpaired) electrons. The number of nitrogens with zero attached hydrogens (tertiary/aromatic N) is 2. The predicted octanol–water partition coefficient (Wildman–Crippen LogP) is 1.50. The number of aliphatic hydroxyl groups is 1. The highest BCUT2D eigenvalue weighted by molar-refractivity contribution is 5.74. The molecule has 0 bridgehead atoms. The van der Waals surface area contributed by atoms with Crippen molar-refractivity contribution < 1.29 is 9.90 Å². The Kier molecular flexibility index (Phi) is 5.22. The largest absolute Gasteiger partial charge is 0.395 e. The van der Waals surface area contributed by atoms with E-state index in [0.29, 0.717) is 0 Å². The molecule has 1 aromatic heterocycles. The van der Waals surface area contributed by atoms with E-state index in [9.17, 15) is 4.79 Å². The standard InChI is InChI=1S/C15H18N4O2/c1-11(19-15(21)18-6-7-20)12-2-4-13(5-3-12)14-8-16-10-17-9-14/h2-5,8-11,20H,6-7H2,1H3,(H2,18,19,21). The van der Waals surface area contributed by atoms with Gasteiger partial charge in [-0.2, -0.15) is 0 Å². The number of benzene rings is 1. The van der Waals surface area contributed by atoms with Crippen molar-refractivity contribution >= 4 is 6.03 Å². The molecule has 0 aliphatic carbocycles. The van der Waals surface area contributed by atoms with Crippen LogP contribution in [0.1, 0.15) is 18.5 Å². The monoisotopic (exact) mass is 286 g/mol. The lowest BCUT2D eigenvalue weighted by Crippen LogP contribution is -2.38. The maximum absolute atomic E-state index is 11.5. The molecule has 1 unspecified atom stereocenters. The van der Waals surface area contributed by atoms with E-state index in [1.54, 1.807) is 12.4 Å². The van der Waals surface area contributed by atoms with Gasteiger partial charge in [0, 0.05) is 24.5 Å². The molecule has 0 saturated heterocycles. The second-order valence-corrected chi connectivity index (χ2v) is 4.59. The molecule has 0 aliphatic rings. The van der Waals surface area contributed by atoms with Gasteiger partial charge in [0.05, 0.1) is 12.6 Å². The van der Waals surface area contributed by atoms with Crippen LogP contribution >= 0.6 is 0 Å². The van der Waals surface area contributed by atoms with E-state index in [1.807, 2.05) is 31.2 Å². The average molecular weight is 286 g/mol. The van der Waals surface area contributed by atoms with Gasteiger partial charge in [-0.3, -0.25) is 0 Å². The van der Waals surface area contributed by atoms with E-state index >= 15 is 0 Å². The van der Waals surface area contributed by atoms with Gasteiger partial charge in [0.2, 0.25) is 0 Å². The summed E-state index contributed by atoms with van der Waals surface area (Å²) in [7, 11) is 0. The van der Waals surface area contributed by atoms with E-state index in [0.717, 1.165) is 16.7 Å². The molecule has 2 aromatic rings. The number of hydrogen-bond acceptors (Lipinski definition) is 4. The van der Waals surface area contributed by atoms with Gasteiger partial charge in [-0.25, -0.2) is 14.8 Å². The molecule has 6 heteroatoms. The fraction of sp³-hybridized carbons (Fsp3) is 0.267. The van der Waals surface area contributed by atoms with Crippen LogP contribution in [0.25, 0.3) is 11.1 Å². The van der Waals surface area contributed by atoms with Crippen molar-refractivity contribution in [3.8, 4) is 11.1 Å². The topological polar surface area (TPSA) is 87.1 Å². The number of rotatable bonds is 5. The molecular formula is C15H18N4O2. The molecule has 0 spiro atoms. The SMILES string of the molecule is CC(NC(=O)NCCO)c1ccc(-c2cncnc2)cc1. The summed E-state index contributed by atoms with van der Waals surface area (Å²) in [6.07, 6.45) is 5.01. The Morgan fingerprint density at radius 3 is 2.48 bits per heavy atom. The lowest BCUT2D eigenvalue weighted by Gasteiger charge is -2.15. The molecule has 21 heavy (non-hydrogen) atoms. The van der Waals surface area contributed by atoms with Gasteiger partial charge in [-0.1, -0.05) is 24.3 Å². The summed E-state index contributed by atoms with van der Waals surface area (Å²) in [5.41, 5.74) is 2.97. The van der Waals surface area contributed by atoms with Crippen LogP contribution in [0.4, 0.5) is 4.79 Å². The minimum atomic E-state index is -0.294. The molecule has 110 valence electrons. The van der Waals surface area contributed by atoms with Crippen LogP contribution in [0, 0.1) is 0 Å². The first kappa shape index (κ1) is 14.9. The number of carbonyl (C=O) groups is 1. The van der Waals surface area contributed by atoms with E-state index in [4.69, 9.17) is 5.11 Å². The second-order valence-electron chi connectivity index (χ2n) is 4.59. The smallest absolute Gasteiger partial charge is 0.315 e. The third kappa shape index (κ3) is 4.25. The van der Waals surface area contributed by atoms with Gasteiger partial charge in [0.25, 0.3) is 0 Å². The number of urea groups is 1. The zero-order valence-electron chi connectivity index (χ0n) is 11.8. The quantitative estimate of drug-likeness (QED) is 0.777. The van der Waals surface area contributed by atoms with Crippen molar-refractivity contribution in [1.82, 2.24) is 20.6 Å². The molecule has 0 saturated carbocycles. The number of aliphatic hydroxyl groups excluding tert-OH is 1. The fourth-order valence-corrected chi connectivity index (χ4v) is 1.91.